The Labute approximate surface area is 163 Å². The molecule has 0 spiro atoms. The van der Waals surface area contributed by atoms with E-state index in [9.17, 15) is 4.79 Å². The zero-order valence-electron chi connectivity index (χ0n) is 15.8. The summed E-state index contributed by atoms with van der Waals surface area (Å²) in [6, 6.07) is 8.84. The van der Waals surface area contributed by atoms with Crippen LogP contribution >= 0.6 is 0 Å². The first-order chi connectivity index (χ1) is 13.7. The van der Waals surface area contributed by atoms with E-state index in [-0.39, 0.29) is 6.03 Å². The lowest BCUT2D eigenvalue weighted by Gasteiger charge is -2.12. The molecule has 0 atom stereocenters. The summed E-state index contributed by atoms with van der Waals surface area (Å²) in [7, 11) is 0. The number of carbonyl (C=O) groups excluding carboxylic acids is 1. The van der Waals surface area contributed by atoms with Gasteiger partial charge in [0.05, 0.1) is 12.3 Å². The number of nitrogens with zero attached hydrogens (tertiary/aromatic N) is 4. The average Bonchev–Trinajstić information content (AvgIpc) is 3.13. The minimum absolute atomic E-state index is 0.300. The molecule has 0 aliphatic rings. The van der Waals surface area contributed by atoms with Crippen LogP contribution in [-0.4, -0.2) is 45.2 Å². The number of amides is 2. The van der Waals surface area contributed by atoms with Gasteiger partial charge in [-0.3, -0.25) is 4.57 Å². The maximum atomic E-state index is 12.1. The lowest BCUT2D eigenvalue weighted by atomic mass is 10.3. The molecule has 1 aromatic carbocycles. The van der Waals surface area contributed by atoms with E-state index in [1.54, 1.807) is 12.3 Å². The number of ether oxygens (including phenoxy) is 1. The second-order valence-corrected chi connectivity index (χ2v) is 5.84. The summed E-state index contributed by atoms with van der Waals surface area (Å²) in [5, 5.41) is 8.75. The Morgan fingerprint density at radius 1 is 1.18 bits per heavy atom. The lowest BCUT2D eigenvalue weighted by Crippen LogP contribution is -2.32. The molecule has 0 saturated heterocycles. The van der Waals surface area contributed by atoms with Gasteiger partial charge in [0.2, 0.25) is 0 Å². The van der Waals surface area contributed by atoms with Gasteiger partial charge in [-0.25, -0.2) is 19.7 Å². The van der Waals surface area contributed by atoms with Crippen molar-refractivity contribution in [1.82, 2.24) is 24.8 Å². The van der Waals surface area contributed by atoms with E-state index in [4.69, 9.17) is 4.74 Å². The minimum Gasteiger partial charge on any atom is -0.492 e. The summed E-state index contributed by atoms with van der Waals surface area (Å²) < 4.78 is 7.37. The molecule has 3 aromatic rings. The fraction of sp³-hybridized carbons (Fsp3) is 0.263. The molecule has 146 valence electrons. The number of aromatic nitrogens is 4. The molecule has 3 rings (SSSR count). The van der Waals surface area contributed by atoms with E-state index < -0.39 is 0 Å². The highest BCUT2D eigenvalue weighted by atomic mass is 16.5. The first-order valence-electron chi connectivity index (χ1n) is 9.00. The van der Waals surface area contributed by atoms with Gasteiger partial charge in [-0.15, -0.1) is 0 Å². The number of rotatable bonds is 8. The van der Waals surface area contributed by atoms with Crippen LogP contribution in [0.25, 0.3) is 5.82 Å². The molecule has 9 heteroatoms. The average molecular weight is 381 g/mol. The normalized spacial score (nSPS) is 10.4. The molecule has 0 aliphatic heterocycles. The van der Waals surface area contributed by atoms with Crippen LogP contribution in [0.3, 0.4) is 0 Å². The molecule has 2 amide bonds. The van der Waals surface area contributed by atoms with Crippen molar-refractivity contribution in [1.29, 1.82) is 0 Å². The fourth-order valence-electron chi connectivity index (χ4n) is 2.58. The van der Waals surface area contributed by atoms with Gasteiger partial charge in [0, 0.05) is 31.5 Å². The quantitative estimate of drug-likeness (QED) is 0.518. The van der Waals surface area contributed by atoms with Crippen molar-refractivity contribution >= 4 is 17.5 Å². The molecule has 0 saturated carbocycles. The van der Waals surface area contributed by atoms with Crippen molar-refractivity contribution < 1.29 is 9.53 Å². The first kappa shape index (κ1) is 19.2. The highest BCUT2D eigenvalue weighted by Gasteiger charge is 2.07. The maximum absolute atomic E-state index is 12.1. The van der Waals surface area contributed by atoms with Crippen molar-refractivity contribution in [2.45, 2.75) is 13.8 Å². The van der Waals surface area contributed by atoms with Gasteiger partial charge in [0.25, 0.3) is 0 Å². The standard InChI is InChI=1S/C19H23N7O2/c1-3-28-16-7-5-4-6-15(16)25-19(27)22-9-8-21-17-12-18(24-13-23-17)26-11-10-20-14(26)2/h4-7,10-13H,3,8-9H2,1-2H3,(H,21,23,24)(H2,22,25,27). The predicted octanol–water partition coefficient (Wildman–Crippen LogP) is 2.60. The van der Waals surface area contributed by atoms with E-state index in [1.165, 1.54) is 6.33 Å². The molecule has 9 nitrogen and oxygen atoms in total. The predicted molar refractivity (Wildman–Crippen MR) is 107 cm³/mol. The third-order valence-corrected chi connectivity index (χ3v) is 3.88. The Hall–Kier alpha value is -3.62. The number of benzene rings is 1. The van der Waals surface area contributed by atoms with Crippen LogP contribution in [0, 0.1) is 6.92 Å². The Kier molecular flexibility index (Phi) is 6.40. The summed E-state index contributed by atoms with van der Waals surface area (Å²) in [4.78, 5) is 24.7. The second kappa shape index (κ2) is 9.36. The van der Waals surface area contributed by atoms with Gasteiger partial charge < -0.3 is 20.7 Å². The molecule has 2 aromatic heterocycles. The zero-order chi connectivity index (χ0) is 19.8. The maximum Gasteiger partial charge on any atom is 0.319 e. The fourth-order valence-corrected chi connectivity index (χ4v) is 2.58. The van der Waals surface area contributed by atoms with Gasteiger partial charge in [-0.05, 0) is 26.0 Å². The smallest absolute Gasteiger partial charge is 0.319 e. The number of hydrogen-bond donors (Lipinski definition) is 3. The Bertz CT molecular complexity index is 926. The minimum atomic E-state index is -0.300. The van der Waals surface area contributed by atoms with E-state index >= 15 is 0 Å². The van der Waals surface area contributed by atoms with E-state index in [1.807, 2.05) is 48.9 Å². The van der Waals surface area contributed by atoms with Gasteiger partial charge in [-0.1, -0.05) is 12.1 Å². The zero-order valence-corrected chi connectivity index (χ0v) is 15.8. The molecule has 3 N–H and O–H groups in total. The van der Waals surface area contributed by atoms with Crippen molar-refractivity contribution in [3.8, 4) is 11.6 Å². The van der Waals surface area contributed by atoms with Gasteiger partial charge in [0.15, 0.2) is 0 Å². The Morgan fingerprint density at radius 3 is 2.82 bits per heavy atom. The van der Waals surface area contributed by atoms with Crippen LogP contribution in [0.1, 0.15) is 12.7 Å². The summed E-state index contributed by atoms with van der Waals surface area (Å²) >= 11 is 0. The number of nitrogens with one attached hydrogen (secondary N) is 3. The summed E-state index contributed by atoms with van der Waals surface area (Å²) in [6.45, 7) is 5.27. The van der Waals surface area contributed by atoms with Crippen molar-refractivity contribution in [3.63, 3.8) is 0 Å². The molecule has 28 heavy (non-hydrogen) atoms. The SMILES string of the molecule is CCOc1ccccc1NC(=O)NCCNc1cc(-n2ccnc2C)ncn1. The molecule has 0 radical (unpaired) electrons. The first-order valence-corrected chi connectivity index (χ1v) is 9.00. The van der Waals surface area contributed by atoms with Gasteiger partial charge >= 0.3 is 6.03 Å². The van der Waals surface area contributed by atoms with Crippen LogP contribution in [-0.2, 0) is 0 Å². The number of imidazole rings is 1. The van der Waals surface area contributed by atoms with Crippen LogP contribution < -0.4 is 20.7 Å². The highest BCUT2D eigenvalue weighted by molar-refractivity contribution is 5.90. The van der Waals surface area contributed by atoms with Crippen molar-refractivity contribution in [2.24, 2.45) is 0 Å². The van der Waals surface area contributed by atoms with E-state index in [0.29, 0.717) is 37.0 Å². The molecule has 0 aliphatic carbocycles. The number of urea groups is 1. The molecule has 0 unspecified atom stereocenters. The highest BCUT2D eigenvalue weighted by Crippen LogP contribution is 2.23. The molecule has 2 heterocycles. The van der Waals surface area contributed by atoms with Crippen LogP contribution in [0.4, 0.5) is 16.3 Å². The molecular formula is C19H23N7O2. The summed E-state index contributed by atoms with van der Waals surface area (Å²) in [5.74, 6) is 2.88. The number of aryl methyl sites for hydroxylation is 1. The van der Waals surface area contributed by atoms with Crippen LogP contribution in [0.5, 0.6) is 5.75 Å². The number of anilines is 2. The number of hydrogen-bond acceptors (Lipinski definition) is 6. The number of para-hydroxylation sites is 2. The van der Waals surface area contributed by atoms with Crippen LogP contribution in [0.15, 0.2) is 49.1 Å². The van der Waals surface area contributed by atoms with Gasteiger partial charge in [0.1, 0.15) is 29.5 Å². The largest absolute Gasteiger partial charge is 0.492 e. The number of carbonyl (C=O) groups is 1. The Morgan fingerprint density at radius 2 is 2.04 bits per heavy atom. The van der Waals surface area contributed by atoms with Crippen molar-refractivity contribution in [2.75, 3.05) is 30.3 Å². The molecule has 0 bridgehead atoms. The third-order valence-electron chi connectivity index (χ3n) is 3.88. The van der Waals surface area contributed by atoms with Crippen molar-refractivity contribution in [3.05, 3.63) is 54.9 Å². The monoisotopic (exact) mass is 381 g/mol. The lowest BCUT2D eigenvalue weighted by molar-refractivity contribution is 0.252. The second-order valence-electron chi connectivity index (χ2n) is 5.84. The molecule has 0 fully saturated rings. The molecular weight excluding hydrogens is 358 g/mol. The summed E-state index contributed by atoms with van der Waals surface area (Å²) in [6.07, 6.45) is 5.05. The van der Waals surface area contributed by atoms with E-state index in [2.05, 4.69) is 30.9 Å². The Balaban J connectivity index is 1.47. The van der Waals surface area contributed by atoms with Gasteiger partial charge in [-0.2, -0.15) is 0 Å². The summed E-state index contributed by atoms with van der Waals surface area (Å²) in [5.41, 5.74) is 0.631. The van der Waals surface area contributed by atoms with Crippen LogP contribution in [0.2, 0.25) is 0 Å². The van der Waals surface area contributed by atoms with E-state index in [0.717, 1.165) is 11.6 Å². The third kappa shape index (κ3) is 4.97. The topological polar surface area (TPSA) is 106 Å².